The second-order valence-corrected chi connectivity index (χ2v) is 23.2. The van der Waals surface area contributed by atoms with Gasteiger partial charge < -0.3 is 4.74 Å². The Balaban J connectivity index is 1.02. The maximum Gasteiger partial charge on any atom is 0.305 e. The fraction of sp³-hybridized carbons (Fsp3) is 0.673. The van der Waals surface area contributed by atoms with Crippen molar-refractivity contribution in [2.75, 3.05) is 7.11 Å². The first-order chi connectivity index (χ1) is 26.7. The normalized spacial score (nSPS) is 64.8. The summed E-state index contributed by atoms with van der Waals surface area (Å²) in [4.78, 5) is 13.0. The number of carbonyl (C=O) groups is 1. The molecule has 0 radical (unpaired) electrons. The van der Waals surface area contributed by atoms with Gasteiger partial charge in [0.1, 0.15) is 0 Å². The van der Waals surface area contributed by atoms with Crippen LogP contribution in [0.15, 0.2) is 88.1 Å². The SMILES string of the molecule is COC(=O)CCCC1(c2ccccc2)C23C4=C5C=CC6C7CCC8C9CCC%10C%11CCC%12=C(C=C4)C21C1C%12C%11C2C%10C9C4C8C7C7C6C5=C3C3C7C4C2C31. The van der Waals surface area contributed by atoms with E-state index < -0.39 is 0 Å². The molecule has 2 nitrogen and oxygen atoms in total. The molecule has 17 aliphatic rings. The first-order valence-electron chi connectivity index (χ1n) is 23.4. The highest BCUT2D eigenvalue weighted by molar-refractivity contribution is 5.84. The number of ether oxygens (including phenoxy) is 1. The molecule has 25 unspecified atom stereocenters. The van der Waals surface area contributed by atoms with Gasteiger partial charge in [0.25, 0.3) is 0 Å². The molecule has 25 atom stereocenters. The largest absolute Gasteiger partial charge is 0.469 e. The van der Waals surface area contributed by atoms with Crippen LogP contribution < -0.4 is 0 Å². The van der Waals surface area contributed by atoms with Gasteiger partial charge in [-0.1, -0.05) is 60.2 Å². The van der Waals surface area contributed by atoms with Gasteiger partial charge in [-0.2, -0.15) is 0 Å². The zero-order valence-electron chi connectivity index (χ0n) is 31.6. The standard InChI is InChI=1S/C52H52O2/c1-54-31(53)8-5-19-50(20-6-3-2-4-7-20)51-29-17-18-30-28-16-14-26-24-12-10-22-21-9-11-23-25-13-15-27(29)38-36(25)41-34(23)32(21)40-33(22)35(24)42-37(26)39(28)49(52(30,50)51)47-45(42)43(40)44(41)46(47)48(38)51/h2-4,6-7,13,15,17-18,21-26,32-37,39-47,49H,5,8-12,14,16,19H2,1H3. The number of allylic oxidation sites excluding steroid dienone is 10. The highest BCUT2D eigenvalue weighted by atomic mass is 16.5. The number of benzene rings is 1. The molecular formula is C52H52O2. The van der Waals surface area contributed by atoms with E-state index in [-0.39, 0.29) is 22.2 Å². The van der Waals surface area contributed by atoms with Crippen LogP contribution in [0.3, 0.4) is 0 Å². The lowest BCUT2D eigenvalue weighted by Crippen LogP contribution is -2.58. The minimum absolute atomic E-state index is 0.0117. The van der Waals surface area contributed by atoms with Gasteiger partial charge in [-0.3, -0.25) is 4.79 Å². The van der Waals surface area contributed by atoms with E-state index in [1.807, 2.05) is 16.7 Å². The average Bonchev–Trinajstić information content (AvgIpc) is 3.86. The van der Waals surface area contributed by atoms with E-state index in [1.165, 1.54) is 12.8 Å². The smallest absolute Gasteiger partial charge is 0.305 e. The molecule has 0 aromatic heterocycles. The van der Waals surface area contributed by atoms with Crippen LogP contribution >= 0.6 is 0 Å². The van der Waals surface area contributed by atoms with Gasteiger partial charge in [0.2, 0.25) is 0 Å². The molecule has 2 spiro atoms. The van der Waals surface area contributed by atoms with Gasteiger partial charge in [-0.25, -0.2) is 0 Å². The zero-order chi connectivity index (χ0) is 34.3. The molecule has 12 saturated carbocycles. The van der Waals surface area contributed by atoms with E-state index in [1.54, 1.807) is 49.5 Å². The molecule has 272 valence electrons. The Hall–Kier alpha value is -2.61. The minimum atomic E-state index is -0.0117. The van der Waals surface area contributed by atoms with Crippen molar-refractivity contribution < 1.29 is 9.53 Å². The molecule has 17 aliphatic carbocycles. The van der Waals surface area contributed by atoms with Crippen molar-refractivity contribution in [1.82, 2.24) is 0 Å². The summed E-state index contributed by atoms with van der Waals surface area (Å²) < 4.78 is 5.37. The van der Waals surface area contributed by atoms with Crippen molar-refractivity contribution in [2.24, 2.45) is 141 Å². The topological polar surface area (TPSA) is 26.3 Å². The van der Waals surface area contributed by atoms with E-state index in [0.29, 0.717) is 6.42 Å². The summed E-state index contributed by atoms with van der Waals surface area (Å²) in [6.07, 6.45) is 23.2. The van der Waals surface area contributed by atoms with Gasteiger partial charge in [0.05, 0.1) is 7.11 Å². The van der Waals surface area contributed by atoms with Crippen molar-refractivity contribution in [2.45, 2.75) is 63.2 Å². The Labute approximate surface area is 319 Å². The van der Waals surface area contributed by atoms with Crippen LogP contribution in [0.2, 0.25) is 0 Å². The van der Waals surface area contributed by atoms with E-state index in [4.69, 9.17) is 4.74 Å². The van der Waals surface area contributed by atoms with Crippen LogP contribution in [-0.2, 0) is 14.9 Å². The number of hydrogen-bond donors (Lipinski definition) is 0. The molecule has 0 bridgehead atoms. The summed E-state index contributed by atoms with van der Waals surface area (Å²) in [5.74, 6) is 21.6. The maximum absolute atomic E-state index is 13.0. The van der Waals surface area contributed by atoms with Gasteiger partial charge in [-0.15, -0.1) is 0 Å². The van der Waals surface area contributed by atoms with Crippen molar-refractivity contribution in [3.63, 3.8) is 0 Å². The molecule has 12 fully saturated rings. The van der Waals surface area contributed by atoms with E-state index >= 15 is 0 Å². The van der Waals surface area contributed by atoms with Gasteiger partial charge >= 0.3 is 5.97 Å². The Morgan fingerprint density at radius 3 is 2.15 bits per heavy atom. The van der Waals surface area contributed by atoms with E-state index in [0.717, 1.165) is 143 Å². The van der Waals surface area contributed by atoms with E-state index in [9.17, 15) is 4.79 Å². The van der Waals surface area contributed by atoms with Gasteiger partial charge in [0.15, 0.2) is 0 Å². The highest BCUT2D eigenvalue weighted by Crippen LogP contribution is 3.04. The summed E-state index contributed by atoms with van der Waals surface area (Å²) in [6.45, 7) is 0. The molecule has 0 saturated heterocycles. The summed E-state index contributed by atoms with van der Waals surface area (Å²) in [5.41, 5.74) is 13.5. The van der Waals surface area contributed by atoms with Crippen LogP contribution in [0.4, 0.5) is 0 Å². The Morgan fingerprint density at radius 1 is 0.685 bits per heavy atom. The lowest BCUT2D eigenvalue weighted by atomic mass is 9.43. The van der Waals surface area contributed by atoms with Crippen molar-refractivity contribution in [3.05, 3.63) is 93.6 Å². The summed E-state index contributed by atoms with van der Waals surface area (Å²) >= 11 is 0. The predicted molar refractivity (Wildman–Crippen MR) is 203 cm³/mol. The monoisotopic (exact) mass is 708 g/mol. The molecule has 0 aliphatic heterocycles. The summed E-state index contributed by atoms with van der Waals surface area (Å²) in [6, 6.07) is 12.2. The quantitative estimate of drug-likeness (QED) is 0.285. The first kappa shape index (κ1) is 27.9. The first-order valence-corrected chi connectivity index (χ1v) is 23.4. The second kappa shape index (κ2) is 7.94. The van der Waals surface area contributed by atoms with Crippen LogP contribution in [0.25, 0.3) is 0 Å². The fourth-order valence-corrected chi connectivity index (χ4v) is 25.5. The molecule has 0 heterocycles. The Morgan fingerprint density at radius 2 is 1.35 bits per heavy atom. The molecular weight excluding hydrogens is 657 g/mol. The number of hydrogen-bond acceptors (Lipinski definition) is 2. The molecule has 18 rings (SSSR count). The summed E-state index contributed by atoms with van der Waals surface area (Å²) in [7, 11) is 1.60. The third-order valence-corrected chi connectivity index (χ3v) is 24.3. The Bertz CT molecular complexity index is 2320. The zero-order valence-corrected chi connectivity index (χ0v) is 31.6. The number of methoxy groups -OCH3 is 1. The number of rotatable bonds is 5. The van der Waals surface area contributed by atoms with Crippen LogP contribution in [0.5, 0.6) is 0 Å². The lowest BCUT2D eigenvalue weighted by molar-refractivity contribution is -0.141. The number of carbonyl (C=O) groups excluding carboxylic acids is 1. The predicted octanol–water partition coefficient (Wildman–Crippen LogP) is 9.37. The molecule has 54 heavy (non-hydrogen) atoms. The molecule has 1 aromatic carbocycles. The number of fused-ring (bicyclic) bond motifs is 3. The molecule has 2 heteroatoms. The van der Waals surface area contributed by atoms with Crippen molar-refractivity contribution in [3.8, 4) is 0 Å². The molecule has 1 aromatic rings. The van der Waals surface area contributed by atoms with Crippen LogP contribution in [-0.4, -0.2) is 13.1 Å². The highest BCUT2D eigenvalue weighted by Gasteiger charge is 3.01. The third-order valence-electron chi connectivity index (χ3n) is 24.3. The number of esters is 1. The summed E-state index contributed by atoms with van der Waals surface area (Å²) in [5, 5.41) is 0. The Kier molecular flexibility index (Phi) is 4.10. The minimum Gasteiger partial charge on any atom is -0.469 e. The third kappa shape index (κ3) is 2.11. The lowest BCUT2D eigenvalue weighted by Gasteiger charge is -2.61. The van der Waals surface area contributed by atoms with Gasteiger partial charge in [-0.05, 0) is 215 Å². The van der Waals surface area contributed by atoms with Crippen molar-refractivity contribution in [1.29, 1.82) is 0 Å². The maximum atomic E-state index is 13.0. The molecule has 0 amide bonds. The van der Waals surface area contributed by atoms with Crippen LogP contribution in [0, 0.1) is 141 Å². The second-order valence-electron chi connectivity index (χ2n) is 23.2. The van der Waals surface area contributed by atoms with E-state index in [2.05, 4.69) is 60.2 Å². The van der Waals surface area contributed by atoms with Crippen molar-refractivity contribution >= 4 is 5.97 Å². The van der Waals surface area contributed by atoms with Gasteiger partial charge in [0, 0.05) is 22.7 Å². The average molecular weight is 709 g/mol. The molecule has 0 N–H and O–H groups in total. The fourth-order valence-electron chi connectivity index (χ4n) is 25.5. The van der Waals surface area contributed by atoms with Crippen LogP contribution in [0.1, 0.15) is 63.4 Å².